The molecule has 19 heavy (non-hydrogen) atoms. The molecule has 1 aromatic rings. The van der Waals surface area contributed by atoms with Gasteiger partial charge in [-0.2, -0.15) is 0 Å². The molecule has 1 aromatic heterocycles. The molecule has 0 aromatic carbocycles. The van der Waals surface area contributed by atoms with Gasteiger partial charge < -0.3 is 5.11 Å². The maximum absolute atomic E-state index is 11.9. The summed E-state index contributed by atoms with van der Waals surface area (Å²) in [6.45, 7) is 1.20. The molecule has 0 bridgehead atoms. The molecule has 2 N–H and O–H groups in total. The minimum absolute atomic E-state index is 0.148. The first-order valence-electron chi connectivity index (χ1n) is 6.61. The van der Waals surface area contributed by atoms with E-state index in [1.54, 1.807) is 0 Å². The Morgan fingerprint density at radius 2 is 1.79 bits per heavy atom. The Labute approximate surface area is 110 Å². The lowest BCUT2D eigenvalue weighted by Gasteiger charge is -2.19. The van der Waals surface area contributed by atoms with E-state index >= 15 is 0 Å². The van der Waals surface area contributed by atoms with Gasteiger partial charge in [-0.1, -0.05) is 25.7 Å². The molecule has 0 atom stereocenters. The van der Waals surface area contributed by atoms with Crippen LogP contribution in [0.4, 0.5) is 0 Å². The third-order valence-electron chi connectivity index (χ3n) is 3.66. The van der Waals surface area contributed by atoms with E-state index in [4.69, 9.17) is 0 Å². The van der Waals surface area contributed by atoms with Crippen LogP contribution in [0.3, 0.4) is 0 Å². The first-order chi connectivity index (χ1) is 9.02. The maximum Gasteiger partial charge on any atom is 0.331 e. The van der Waals surface area contributed by atoms with Gasteiger partial charge in [0.25, 0.3) is 5.56 Å². The minimum Gasteiger partial charge on any atom is -0.494 e. The van der Waals surface area contributed by atoms with Gasteiger partial charge in [0.1, 0.15) is 5.56 Å². The number of nitrogens with zero attached hydrogens (tertiary/aromatic N) is 1. The van der Waals surface area contributed by atoms with Crippen LogP contribution in [-0.4, -0.2) is 20.4 Å². The number of aromatic hydroxyl groups is 1. The Balaban J connectivity index is 2.56. The Kier molecular flexibility index (Phi) is 3.87. The predicted molar refractivity (Wildman–Crippen MR) is 69.7 cm³/mol. The first-order valence-corrected chi connectivity index (χ1v) is 6.61. The second-order valence-electron chi connectivity index (χ2n) is 5.03. The number of aromatic nitrogens is 2. The van der Waals surface area contributed by atoms with Crippen molar-refractivity contribution >= 4 is 5.78 Å². The first kappa shape index (κ1) is 13.6. The highest BCUT2D eigenvalue weighted by atomic mass is 16.3. The van der Waals surface area contributed by atoms with Crippen molar-refractivity contribution in [3.05, 3.63) is 26.4 Å². The summed E-state index contributed by atoms with van der Waals surface area (Å²) in [5.41, 5.74) is -1.79. The highest BCUT2D eigenvalue weighted by Crippen LogP contribution is 2.29. The zero-order chi connectivity index (χ0) is 14.0. The van der Waals surface area contributed by atoms with Crippen molar-refractivity contribution in [3.8, 4) is 5.88 Å². The number of hydrogen-bond acceptors (Lipinski definition) is 4. The molecule has 1 heterocycles. The third-order valence-corrected chi connectivity index (χ3v) is 3.66. The van der Waals surface area contributed by atoms with Gasteiger partial charge in [0, 0.05) is 6.04 Å². The van der Waals surface area contributed by atoms with Crippen molar-refractivity contribution in [1.82, 2.24) is 9.55 Å². The van der Waals surface area contributed by atoms with Crippen LogP contribution < -0.4 is 11.2 Å². The van der Waals surface area contributed by atoms with Crippen LogP contribution in [0.2, 0.25) is 0 Å². The third kappa shape index (κ3) is 2.62. The topological polar surface area (TPSA) is 92.2 Å². The predicted octanol–water partition coefficient (Wildman–Crippen LogP) is 1.34. The molecule has 0 aliphatic heterocycles. The van der Waals surface area contributed by atoms with Gasteiger partial charge in [-0.05, 0) is 19.8 Å². The Morgan fingerprint density at radius 3 is 2.32 bits per heavy atom. The zero-order valence-electron chi connectivity index (χ0n) is 10.9. The normalized spacial score (nSPS) is 17.1. The number of Topliss-reactive ketones (excluding diaryl/α,β-unsaturated/α-hetero) is 1. The van der Waals surface area contributed by atoms with Crippen LogP contribution >= 0.6 is 0 Å². The average molecular weight is 266 g/mol. The van der Waals surface area contributed by atoms with E-state index in [0.717, 1.165) is 38.5 Å². The van der Waals surface area contributed by atoms with Crippen LogP contribution in [0, 0.1) is 0 Å². The SMILES string of the molecule is CC(=O)c1c(O)n(C2CCCCCC2)c(=O)[nH]c1=O. The summed E-state index contributed by atoms with van der Waals surface area (Å²) in [6.07, 6.45) is 5.72. The van der Waals surface area contributed by atoms with Crippen molar-refractivity contribution in [2.45, 2.75) is 51.5 Å². The Bertz CT molecular complexity index is 592. The van der Waals surface area contributed by atoms with Gasteiger partial charge in [0.2, 0.25) is 5.88 Å². The smallest absolute Gasteiger partial charge is 0.331 e. The lowest BCUT2D eigenvalue weighted by Crippen LogP contribution is -2.35. The summed E-state index contributed by atoms with van der Waals surface area (Å²) in [7, 11) is 0. The van der Waals surface area contributed by atoms with E-state index < -0.39 is 22.9 Å². The Morgan fingerprint density at radius 1 is 1.21 bits per heavy atom. The van der Waals surface area contributed by atoms with E-state index in [0.29, 0.717) is 0 Å². The monoisotopic (exact) mass is 266 g/mol. The summed E-state index contributed by atoms with van der Waals surface area (Å²) < 4.78 is 1.17. The molecule has 6 nitrogen and oxygen atoms in total. The molecular weight excluding hydrogens is 248 g/mol. The van der Waals surface area contributed by atoms with E-state index in [-0.39, 0.29) is 11.6 Å². The number of aromatic amines is 1. The van der Waals surface area contributed by atoms with E-state index in [1.807, 2.05) is 0 Å². The second kappa shape index (κ2) is 5.42. The molecule has 0 unspecified atom stereocenters. The van der Waals surface area contributed by atoms with Crippen molar-refractivity contribution < 1.29 is 9.90 Å². The van der Waals surface area contributed by atoms with Crippen LogP contribution in [0.1, 0.15) is 61.8 Å². The molecule has 1 aliphatic carbocycles. The summed E-state index contributed by atoms with van der Waals surface area (Å²) >= 11 is 0. The van der Waals surface area contributed by atoms with E-state index in [2.05, 4.69) is 4.98 Å². The van der Waals surface area contributed by atoms with Crippen LogP contribution in [0.5, 0.6) is 5.88 Å². The quantitative estimate of drug-likeness (QED) is 0.624. The van der Waals surface area contributed by atoms with Crippen LogP contribution in [-0.2, 0) is 0 Å². The summed E-state index contributed by atoms with van der Waals surface area (Å²) in [4.78, 5) is 37.0. The zero-order valence-corrected chi connectivity index (χ0v) is 10.9. The molecule has 0 spiro atoms. The summed E-state index contributed by atoms with van der Waals surface area (Å²) in [6, 6.07) is -0.148. The van der Waals surface area contributed by atoms with Crippen molar-refractivity contribution in [1.29, 1.82) is 0 Å². The van der Waals surface area contributed by atoms with Crippen molar-refractivity contribution in [2.75, 3.05) is 0 Å². The maximum atomic E-state index is 11.9. The van der Waals surface area contributed by atoms with Crippen LogP contribution in [0.15, 0.2) is 9.59 Å². The second-order valence-corrected chi connectivity index (χ2v) is 5.03. The number of hydrogen-bond donors (Lipinski definition) is 2. The van der Waals surface area contributed by atoms with Gasteiger partial charge in [0.05, 0.1) is 0 Å². The van der Waals surface area contributed by atoms with Gasteiger partial charge in [-0.25, -0.2) is 4.79 Å². The fourth-order valence-corrected chi connectivity index (χ4v) is 2.71. The standard InChI is InChI=1S/C13H18N2O4/c1-8(16)10-11(17)14-13(19)15(12(10)18)9-6-4-2-3-5-7-9/h9,18H,2-7H2,1H3,(H,14,17,19). The number of carbonyl (C=O) groups excluding carboxylic acids is 1. The fraction of sp³-hybridized carbons (Fsp3) is 0.615. The number of nitrogens with one attached hydrogen (secondary N) is 1. The molecular formula is C13H18N2O4. The molecule has 104 valence electrons. The number of H-pyrrole nitrogens is 1. The molecule has 0 amide bonds. The van der Waals surface area contributed by atoms with Gasteiger partial charge in [-0.15, -0.1) is 0 Å². The Hall–Kier alpha value is -1.85. The highest BCUT2D eigenvalue weighted by Gasteiger charge is 2.23. The number of carbonyl (C=O) groups is 1. The molecule has 0 saturated heterocycles. The van der Waals surface area contributed by atoms with Crippen molar-refractivity contribution in [3.63, 3.8) is 0 Å². The summed E-state index contributed by atoms with van der Waals surface area (Å²) in [5.74, 6) is -1.03. The lowest BCUT2D eigenvalue weighted by molar-refractivity contribution is 0.101. The molecule has 0 radical (unpaired) electrons. The van der Waals surface area contributed by atoms with Gasteiger partial charge in [-0.3, -0.25) is 19.1 Å². The molecule has 2 rings (SSSR count). The fourth-order valence-electron chi connectivity index (χ4n) is 2.71. The van der Waals surface area contributed by atoms with E-state index in [9.17, 15) is 19.5 Å². The molecule has 1 aliphatic rings. The van der Waals surface area contributed by atoms with Gasteiger partial charge in [0.15, 0.2) is 5.78 Å². The number of rotatable bonds is 2. The van der Waals surface area contributed by atoms with Gasteiger partial charge >= 0.3 is 5.69 Å². The summed E-state index contributed by atoms with van der Waals surface area (Å²) in [5, 5.41) is 10.1. The highest BCUT2D eigenvalue weighted by molar-refractivity contribution is 5.95. The lowest BCUT2D eigenvalue weighted by atomic mass is 10.1. The average Bonchev–Trinajstić information content (AvgIpc) is 2.56. The van der Waals surface area contributed by atoms with Crippen molar-refractivity contribution in [2.24, 2.45) is 0 Å². The molecule has 6 heteroatoms. The number of ketones is 1. The van der Waals surface area contributed by atoms with Crippen LogP contribution in [0.25, 0.3) is 0 Å². The molecule has 1 fully saturated rings. The van der Waals surface area contributed by atoms with E-state index in [1.165, 1.54) is 11.5 Å². The minimum atomic E-state index is -0.820. The largest absolute Gasteiger partial charge is 0.494 e. The molecule has 1 saturated carbocycles.